The summed E-state index contributed by atoms with van der Waals surface area (Å²) in [7, 11) is 0. The lowest BCUT2D eigenvalue weighted by molar-refractivity contribution is 0.240. The van der Waals surface area contributed by atoms with Crippen molar-refractivity contribution in [1.82, 2.24) is 24.8 Å². The van der Waals surface area contributed by atoms with Crippen molar-refractivity contribution in [1.29, 1.82) is 0 Å². The van der Waals surface area contributed by atoms with Crippen molar-refractivity contribution in [2.45, 2.75) is 19.5 Å². The van der Waals surface area contributed by atoms with Crippen LogP contribution in [0.25, 0.3) is 11.5 Å². The van der Waals surface area contributed by atoms with Gasteiger partial charge in [0.05, 0.1) is 5.69 Å². The summed E-state index contributed by atoms with van der Waals surface area (Å²) in [6, 6.07) is 9.61. The molecule has 0 fully saturated rings. The number of aromatic nitrogens is 4. The van der Waals surface area contributed by atoms with Crippen LogP contribution in [0.2, 0.25) is 0 Å². The minimum absolute atomic E-state index is 0.0517. The van der Waals surface area contributed by atoms with Crippen molar-refractivity contribution in [3.05, 3.63) is 76.1 Å². The lowest BCUT2D eigenvalue weighted by atomic mass is 10.1. The highest BCUT2D eigenvalue weighted by Gasteiger charge is 2.21. The Labute approximate surface area is 139 Å². The quantitative estimate of drug-likeness (QED) is 0.796. The molecule has 0 bridgehead atoms. The molecule has 0 amide bonds. The first-order chi connectivity index (χ1) is 11.8. The molecule has 4 rings (SSSR count). The molecule has 6 heteroatoms. The van der Waals surface area contributed by atoms with E-state index in [9.17, 15) is 4.79 Å². The average Bonchev–Trinajstić information content (AvgIpc) is 2.63. The molecule has 1 aliphatic rings. The van der Waals surface area contributed by atoms with Crippen LogP contribution < -0.4 is 5.56 Å². The summed E-state index contributed by atoms with van der Waals surface area (Å²) >= 11 is 0. The largest absolute Gasteiger partial charge is 0.305 e. The van der Waals surface area contributed by atoms with E-state index in [1.165, 1.54) is 5.56 Å². The molecule has 0 aromatic carbocycles. The highest BCUT2D eigenvalue weighted by atomic mass is 16.1. The summed E-state index contributed by atoms with van der Waals surface area (Å²) < 4.78 is 0. The molecule has 0 saturated heterocycles. The summed E-state index contributed by atoms with van der Waals surface area (Å²) in [5, 5.41) is 0. The number of hydrogen-bond donors (Lipinski definition) is 1. The van der Waals surface area contributed by atoms with E-state index < -0.39 is 0 Å². The van der Waals surface area contributed by atoms with E-state index in [1.54, 1.807) is 18.6 Å². The van der Waals surface area contributed by atoms with Crippen LogP contribution in [0.5, 0.6) is 0 Å². The second-order valence-corrected chi connectivity index (χ2v) is 5.87. The number of pyridine rings is 2. The van der Waals surface area contributed by atoms with Crippen LogP contribution in [0.1, 0.15) is 16.8 Å². The third-order valence-corrected chi connectivity index (χ3v) is 4.22. The highest BCUT2D eigenvalue weighted by molar-refractivity contribution is 5.49. The van der Waals surface area contributed by atoms with Gasteiger partial charge in [0.15, 0.2) is 5.82 Å². The van der Waals surface area contributed by atoms with E-state index in [2.05, 4.69) is 24.8 Å². The molecule has 3 aromatic rings. The molecule has 0 radical (unpaired) electrons. The van der Waals surface area contributed by atoms with Gasteiger partial charge in [-0.1, -0.05) is 6.07 Å². The Balaban J connectivity index is 1.62. The number of nitrogens with one attached hydrogen (secondary N) is 1. The molecule has 0 unspecified atom stereocenters. The van der Waals surface area contributed by atoms with Crippen LogP contribution in [0.4, 0.5) is 0 Å². The van der Waals surface area contributed by atoms with Gasteiger partial charge in [0.1, 0.15) is 5.69 Å². The Morgan fingerprint density at radius 1 is 1.12 bits per heavy atom. The van der Waals surface area contributed by atoms with Crippen molar-refractivity contribution < 1.29 is 0 Å². The zero-order valence-electron chi connectivity index (χ0n) is 13.1. The summed E-state index contributed by atoms with van der Waals surface area (Å²) in [5.74, 6) is 0.533. The normalized spacial score (nSPS) is 14.3. The van der Waals surface area contributed by atoms with Gasteiger partial charge in [-0.15, -0.1) is 0 Å². The zero-order chi connectivity index (χ0) is 16.4. The number of aromatic amines is 1. The lowest BCUT2D eigenvalue weighted by Gasteiger charge is -2.27. The maximum absolute atomic E-state index is 12.4. The van der Waals surface area contributed by atoms with Gasteiger partial charge in [0, 0.05) is 43.8 Å². The van der Waals surface area contributed by atoms with Crippen LogP contribution >= 0.6 is 0 Å². The molecule has 0 atom stereocenters. The molecule has 0 spiro atoms. The van der Waals surface area contributed by atoms with Crippen LogP contribution in [0.15, 0.2) is 53.7 Å². The molecule has 3 aromatic heterocycles. The molecular weight excluding hydrogens is 302 g/mol. The molecule has 120 valence electrons. The van der Waals surface area contributed by atoms with Gasteiger partial charge in [-0.25, -0.2) is 4.98 Å². The number of fused-ring (bicyclic) bond motifs is 1. The zero-order valence-corrected chi connectivity index (χ0v) is 13.1. The monoisotopic (exact) mass is 319 g/mol. The number of hydrogen-bond acceptors (Lipinski definition) is 5. The molecule has 1 N–H and O–H groups in total. The van der Waals surface area contributed by atoms with Crippen LogP contribution in [0.3, 0.4) is 0 Å². The maximum Gasteiger partial charge on any atom is 0.254 e. The fraction of sp³-hybridized carbons (Fsp3) is 0.222. The van der Waals surface area contributed by atoms with Crippen molar-refractivity contribution in [3.63, 3.8) is 0 Å². The van der Waals surface area contributed by atoms with E-state index in [4.69, 9.17) is 0 Å². The molecule has 24 heavy (non-hydrogen) atoms. The summed E-state index contributed by atoms with van der Waals surface area (Å²) in [6.07, 6.45) is 6.01. The van der Waals surface area contributed by atoms with Gasteiger partial charge in [0.2, 0.25) is 0 Å². The topological polar surface area (TPSA) is 74.8 Å². The van der Waals surface area contributed by atoms with Crippen molar-refractivity contribution in [2.75, 3.05) is 6.54 Å². The highest BCUT2D eigenvalue weighted by Crippen LogP contribution is 2.18. The maximum atomic E-state index is 12.4. The van der Waals surface area contributed by atoms with Crippen molar-refractivity contribution >= 4 is 0 Å². The van der Waals surface area contributed by atoms with Crippen LogP contribution in [-0.2, 0) is 19.5 Å². The first-order valence-corrected chi connectivity index (χ1v) is 7.94. The summed E-state index contributed by atoms with van der Waals surface area (Å²) in [5.41, 5.74) is 3.48. The third kappa shape index (κ3) is 2.96. The minimum Gasteiger partial charge on any atom is -0.305 e. The van der Waals surface area contributed by atoms with Gasteiger partial charge in [0.25, 0.3) is 5.56 Å². The molecular formula is C18H17N5O. The standard InChI is InChI=1S/C18H17N5O/c24-18-14-6-10-23(11-13-4-8-19-9-5-13)12-16(14)21-17(22-18)15-3-1-2-7-20-15/h1-5,7-9H,6,10-12H2,(H,21,22,24). The number of H-pyrrole nitrogens is 1. The summed E-state index contributed by atoms with van der Waals surface area (Å²) in [4.78, 5) is 30.5. The van der Waals surface area contributed by atoms with Gasteiger partial charge in [-0.3, -0.25) is 19.7 Å². The fourth-order valence-electron chi connectivity index (χ4n) is 3.00. The van der Waals surface area contributed by atoms with Crippen LogP contribution in [0, 0.1) is 0 Å². The second-order valence-electron chi connectivity index (χ2n) is 5.87. The molecule has 4 heterocycles. The van der Waals surface area contributed by atoms with Gasteiger partial charge >= 0.3 is 0 Å². The summed E-state index contributed by atoms with van der Waals surface area (Å²) in [6.45, 7) is 2.35. The Morgan fingerprint density at radius 2 is 2.00 bits per heavy atom. The third-order valence-electron chi connectivity index (χ3n) is 4.22. The molecule has 6 nitrogen and oxygen atoms in total. The molecule has 0 aliphatic carbocycles. The first kappa shape index (κ1) is 14.7. The van der Waals surface area contributed by atoms with E-state index in [0.717, 1.165) is 24.3 Å². The Morgan fingerprint density at radius 3 is 2.79 bits per heavy atom. The van der Waals surface area contributed by atoms with Crippen molar-refractivity contribution in [3.8, 4) is 11.5 Å². The predicted molar refractivity (Wildman–Crippen MR) is 90.1 cm³/mol. The number of rotatable bonds is 3. The lowest BCUT2D eigenvalue weighted by Crippen LogP contribution is -2.35. The Bertz CT molecular complexity index is 892. The minimum atomic E-state index is -0.0517. The van der Waals surface area contributed by atoms with Gasteiger partial charge < -0.3 is 4.98 Å². The predicted octanol–water partition coefficient (Wildman–Crippen LogP) is 1.79. The fourth-order valence-corrected chi connectivity index (χ4v) is 3.00. The van der Waals surface area contributed by atoms with E-state index >= 15 is 0 Å². The van der Waals surface area contributed by atoms with E-state index in [0.29, 0.717) is 24.5 Å². The molecule has 1 aliphatic heterocycles. The second kappa shape index (κ2) is 6.33. The Hall–Kier alpha value is -2.86. The van der Waals surface area contributed by atoms with Crippen LogP contribution in [-0.4, -0.2) is 31.4 Å². The van der Waals surface area contributed by atoms with Crippen molar-refractivity contribution in [2.24, 2.45) is 0 Å². The first-order valence-electron chi connectivity index (χ1n) is 7.94. The smallest absolute Gasteiger partial charge is 0.254 e. The van der Waals surface area contributed by atoms with E-state index in [1.807, 2.05) is 30.3 Å². The SMILES string of the molecule is O=c1[nH]c(-c2ccccn2)nc2c1CCN(Cc1ccncc1)C2. The molecule has 0 saturated carbocycles. The van der Waals surface area contributed by atoms with Gasteiger partial charge in [-0.2, -0.15) is 0 Å². The van der Waals surface area contributed by atoms with E-state index in [-0.39, 0.29) is 5.56 Å². The Kier molecular flexibility index (Phi) is 3.88. The van der Waals surface area contributed by atoms with Gasteiger partial charge in [-0.05, 0) is 36.2 Å². The average molecular weight is 319 g/mol. The number of nitrogens with zero attached hydrogens (tertiary/aromatic N) is 4.